The summed E-state index contributed by atoms with van der Waals surface area (Å²) >= 11 is 0. The predicted molar refractivity (Wildman–Crippen MR) is 71.8 cm³/mol. The SMILES string of the molecule is O=C(O)CC1CCCN1CC(=O)Nc1c(F)cccc1F. The number of amides is 1. The van der Waals surface area contributed by atoms with Gasteiger partial charge in [-0.15, -0.1) is 0 Å². The van der Waals surface area contributed by atoms with E-state index in [1.54, 1.807) is 4.90 Å². The van der Waals surface area contributed by atoms with Crippen LogP contribution in [0.15, 0.2) is 18.2 Å². The summed E-state index contributed by atoms with van der Waals surface area (Å²) in [6.07, 6.45) is 1.47. The molecule has 0 radical (unpaired) electrons. The molecule has 1 heterocycles. The fourth-order valence-electron chi connectivity index (χ4n) is 2.52. The number of halogens is 2. The van der Waals surface area contributed by atoms with Crippen LogP contribution >= 0.6 is 0 Å². The highest BCUT2D eigenvalue weighted by molar-refractivity contribution is 5.92. The number of nitrogens with zero attached hydrogens (tertiary/aromatic N) is 1. The summed E-state index contributed by atoms with van der Waals surface area (Å²) in [4.78, 5) is 24.3. The van der Waals surface area contributed by atoms with Crippen molar-refractivity contribution in [2.24, 2.45) is 0 Å². The van der Waals surface area contributed by atoms with E-state index in [2.05, 4.69) is 5.32 Å². The molecule has 1 fully saturated rings. The van der Waals surface area contributed by atoms with Gasteiger partial charge in [0.1, 0.15) is 17.3 Å². The zero-order valence-electron chi connectivity index (χ0n) is 11.3. The maximum atomic E-state index is 13.4. The van der Waals surface area contributed by atoms with E-state index in [9.17, 15) is 18.4 Å². The number of carbonyl (C=O) groups excluding carboxylic acids is 1. The molecule has 1 aliphatic rings. The van der Waals surface area contributed by atoms with Gasteiger partial charge in [-0.1, -0.05) is 6.07 Å². The van der Waals surface area contributed by atoms with Crippen LogP contribution in [0.25, 0.3) is 0 Å². The Morgan fingerprint density at radius 3 is 2.62 bits per heavy atom. The smallest absolute Gasteiger partial charge is 0.304 e. The summed E-state index contributed by atoms with van der Waals surface area (Å²) in [5, 5.41) is 11.0. The van der Waals surface area contributed by atoms with Crippen molar-refractivity contribution in [3.8, 4) is 0 Å². The molecule has 1 aromatic rings. The highest BCUT2D eigenvalue weighted by atomic mass is 19.1. The van der Waals surface area contributed by atoms with E-state index >= 15 is 0 Å². The van der Waals surface area contributed by atoms with Crippen LogP contribution in [0, 0.1) is 11.6 Å². The van der Waals surface area contributed by atoms with Crippen LogP contribution in [0.4, 0.5) is 14.5 Å². The van der Waals surface area contributed by atoms with E-state index in [1.165, 1.54) is 6.07 Å². The fraction of sp³-hybridized carbons (Fsp3) is 0.429. The normalized spacial score (nSPS) is 18.7. The van der Waals surface area contributed by atoms with E-state index in [0.717, 1.165) is 18.6 Å². The first kappa shape index (κ1) is 15.4. The largest absolute Gasteiger partial charge is 0.481 e. The minimum Gasteiger partial charge on any atom is -0.481 e. The Kier molecular flexibility index (Phi) is 4.85. The molecule has 2 rings (SSSR count). The molecule has 1 aromatic carbocycles. The second-order valence-corrected chi connectivity index (χ2v) is 5.01. The Balaban J connectivity index is 1.97. The average Bonchev–Trinajstić information content (AvgIpc) is 2.80. The maximum Gasteiger partial charge on any atom is 0.304 e. The first-order chi connectivity index (χ1) is 9.97. The van der Waals surface area contributed by atoms with Gasteiger partial charge in [0.05, 0.1) is 13.0 Å². The van der Waals surface area contributed by atoms with Crippen LogP contribution in [-0.4, -0.2) is 41.0 Å². The molecule has 0 spiro atoms. The third-order valence-corrected chi connectivity index (χ3v) is 3.48. The van der Waals surface area contributed by atoms with Gasteiger partial charge in [0.2, 0.25) is 5.91 Å². The zero-order chi connectivity index (χ0) is 15.4. The number of hydrogen-bond donors (Lipinski definition) is 2. The lowest BCUT2D eigenvalue weighted by molar-refractivity contribution is -0.138. The second-order valence-electron chi connectivity index (χ2n) is 5.01. The van der Waals surface area contributed by atoms with Crippen molar-refractivity contribution >= 4 is 17.6 Å². The fourth-order valence-corrected chi connectivity index (χ4v) is 2.52. The standard InChI is InChI=1S/C14H16F2N2O3/c15-10-4-1-5-11(16)14(10)17-12(19)8-18-6-2-3-9(18)7-13(20)21/h1,4-5,9H,2-3,6-8H2,(H,17,19)(H,20,21). The van der Waals surface area contributed by atoms with Gasteiger partial charge in [-0.2, -0.15) is 0 Å². The number of likely N-dealkylation sites (tertiary alicyclic amines) is 1. The number of benzene rings is 1. The summed E-state index contributed by atoms with van der Waals surface area (Å²) in [6.45, 7) is 0.525. The summed E-state index contributed by atoms with van der Waals surface area (Å²) < 4.78 is 26.9. The Morgan fingerprint density at radius 1 is 1.33 bits per heavy atom. The number of anilines is 1. The number of rotatable bonds is 5. The summed E-state index contributed by atoms with van der Waals surface area (Å²) in [6, 6.07) is 3.12. The predicted octanol–water partition coefficient (Wildman–Crippen LogP) is 1.84. The van der Waals surface area contributed by atoms with Crippen molar-refractivity contribution in [2.75, 3.05) is 18.4 Å². The Labute approximate surface area is 120 Å². The van der Waals surface area contributed by atoms with Crippen LogP contribution in [-0.2, 0) is 9.59 Å². The minimum atomic E-state index is -0.924. The lowest BCUT2D eigenvalue weighted by atomic mass is 10.1. The molecule has 1 unspecified atom stereocenters. The van der Waals surface area contributed by atoms with Crippen molar-refractivity contribution in [2.45, 2.75) is 25.3 Å². The van der Waals surface area contributed by atoms with Crippen molar-refractivity contribution in [3.05, 3.63) is 29.8 Å². The van der Waals surface area contributed by atoms with E-state index in [1.807, 2.05) is 0 Å². The first-order valence-electron chi connectivity index (χ1n) is 6.67. The number of aliphatic carboxylic acids is 1. The Morgan fingerprint density at radius 2 is 2.00 bits per heavy atom. The van der Waals surface area contributed by atoms with E-state index < -0.39 is 29.2 Å². The molecule has 1 atom stereocenters. The maximum absolute atomic E-state index is 13.4. The topological polar surface area (TPSA) is 69.6 Å². The summed E-state index contributed by atoms with van der Waals surface area (Å²) in [5.41, 5.74) is -0.475. The molecule has 0 aromatic heterocycles. The molecule has 0 bridgehead atoms. The van der Waals surface area contributed by atoms with Gasteiger partial charge in [-0.05, 0) is 31.5 Å². The van der Waals surface area contributed by atoms with Crippen LogP contribution in [0.2, 0.25) is 0 Å². The van der Waals surface area contributed by atoms with Gasteiger partial charge in [-0.3, -0.25) is 14.5 Å². The van der Waals surface area contributed by atoms with Crippen molar-refractivity contribution < 1.29 is 23.5 Å². The number of para-hydroxylation sites is 1. The first-order valence-corrected chi connectivity index (χ1v) is 6.67. The highest BCUT2D eigenvalue weighted by Crippen LogP contribution is 2.21. The lowest BCUT2D eigenvalue weighted by Gasteiger charge is -2.22. The van der Waals surface area contributed by atoms with Gasteiger partial charge in [0, 0.05) is 6.04 Å². The summed E-state index contributed by atoms with van der Waals surface area (Å²) in [7, 11) is 0. The van der Waals surface area contributed by atoms with Gasteiger partial charge in [0.15, 0.2) is 0 Å². The van der Waals surface area contributed by atoms with E-state index in [4.69, 9.17) is 5.11 Å². The van der Waals surface area contributed by atoms with Gasteiger partial charge >= 0.3 is 5.97 Å². The minimum absolute atomic E-state index is 0.0403. The van der Waals surface area contributed by atoms with Crippen LogP contribution in [0.5, 0.6) is 0 Å². The molecule has 2 N–H and O–H groups in total. The highest BCUT2D eigenvalue weighted by Gasteiger charge is 2.28. The number of carbonyl (C=O) groups is 2. The lowest BCUT2D eigenvalue weighted by Crippen LogP contribution is -2.38. The molecular formula is C14H16F2N2O3. The van der Waals surface area contributed by atoms with Crippen molar-refractivity contribution in [1.29, 1.82) is 0 Å². The average molecular weight is 298 g/mol. The Hall–Kier alpha value is -2.02. The van der Waals surface area contributed by atoms with Gasteiger partial charge in [0.25, 0.3) is 0 Å². The molecule has 0 aliphatic carbocycles. The number of carboxylic acids is 1. The van der Waals surface area contributed by atoms with Crippen LogP contribution < -0.4 is 5.32 Å². The molecule has 7 heteroatoms. The number of hydrogen-bond acceptors (Lipinski definition) is 3. The molecule has 1 saturated heterocycles. The molecule has 114 valence electrons. The van der Waals surface area contributed by atoms with E-state index in [0.29, 0.717) is 13.0 Å². The van der Waals surface area contributed by atoms with Gasteiger partial charge in [-0.25, -0.2) is 8.78 Å². The van der Waals surface area contributed by atoms with Gasteiger partial charge < -0.3 is 10.4 Å². The molecule has 1 amide bonds. The molecular weight excluding hydrogens is 282 g/mol. The third-order valence-electron chi connectivity index (χ3n) is 3.48. The molecule has 1 aliphatic heterocycles. The molecule has 5 nitrogen and oxygen atoms in total. The van der Waals surface area contributed by atoms with E-state index in [-0.39, 0.29) is 19.0 Å². The summed E-state index contributed by atoms with van der Waals surface area (Å²) in [5.74, 6) is -3.16. The number of carboxylic acid groups (broad SMARTS) is 1. The van der Waals surface area contributed by atoms with Crippen molar-refractivity contribution in [3.63, 3.8) is 0 Å². The number of nitrogens with one attached hydrogen (secondary N) is 1. The molecule has 0 saturated carbocycles. The van der Waals surface area contributed by atoms with Crippen LogP contribution in [0.3, 0.4) is 0 Å². The molecule has 21 heavy (non-hydrogen) atoms. The quantitative estimate of drug-likeness (QED) is 0.870. The van der Waals surface area contributed by atoms with Crippen LogP contribution in [0.1, 0.15) is 19.3 Å². The third kappa shape index (κ3) is 3.98. The zero-order valence-corrected chi connectivity index (χ0v) is 11.3. The van der Waals surface area contributed by atoms with Crippen molar-refractivity contribution in [1.82, 2.24) is 4.90 Å². The Bertz CT molecular complexity index is 531. The second kappa shape index (κ2) is 6.62. The monoisotopic (exact) mass is 298 g/mol.